The summed E-state index contributed by atoms with van der Waals surface area (Å²) in [5, 5.41) is 0. The molecule has 0 nitrogen and oxygen atoms in total. The minimum Gasteiger partial charge on any atom is -0.110 e. The van der Waals surface area contributed by atoms with Gasteiger partial charge in [-0.15, -0.1) is 11.6 Å². The molecule has 1 unspecified atom stereocenters. The number of allylic oxidation sites excluding steroid dienone is 6. The number of halogens is 1. The van der Waals surface area contributed by atoms with E-state index in [-0.39, 0.29) is 4.87 Å². The van der Waals surface area contributed by atoms with Crippen molar-refractivity contribution in [1.29, 1.82) is 0 Å². The Morgan fingerprint density at radius 1 is 1.50 bits per heavy atom. The highest BCUT2D eigenvalue weighted by atomic mass is 35.5. The largest absolute Gasteiger partial charge is 0.110 e. The van der Waals surface area contributed by atoms with E-state index < -0.39 is 0 Å². The average molecular weight is 155 g/mol. The Balaban J connectivity index is 2.70. The lowest BCUT2D eigenvalue weighted by atomic mass is 9.99. The molecule has 54 valence electrons. The first kappa shape index (κ1) is 7.62. The Morgan fingerprint density at radius 3 is 2.80 bits per heavy atom. The van der Waals surface area contributed by atoms with Gasteiger partial charge in [-0.25, -0.2) is 0 Å². The predicted molar refractivity (Wildman–Crippen MR) is 46.3 cm³/mol. The molecule has 1 aliphatic rings. The molecule has 0 heterocycles. The van der Waals surface area contributed by atoms with Crippen molar-refractivity contribution in [3.63, 3.8) is 0 Å². The first-order valence-corrected chi connectivity index (χ1v) is 3.82. The van der Waals surface area contributed by atoms with Crippen molar-refractivity contribution in [2.24, 2.45) is 0 Å². The molecule has 0 aromatic heterocycles. The highest BCUT2D eigenvalue weighted by Crippen LogP contribution is 2.26. The molecule has 1 rings (SSSR count). The van der Waals surface area contributed by atoms with Crippen LogP contribution in [0, 0.1) is 0 Å². The second-order valence-electron chi connectivity index (χ2n) is 2.42. The zero-order chi connectivity index (χ0) is 7.45. The SMILES string of the molecule is CC=CC1(Cl)C=CC=CC1. The fraction of sp³-hybridized carbons (Fsp3) is 0.333. The van der Waals surface area contributed by atoms with E-state index in [9.17, 15) is 0 Å². The lowest BCUT2D eigenvalue weighted by molar-refractivity contribution is 0.865. The van der Waals surface area contributed by atoms with Crippen molar-refractivity contribution in [2.45, 2.75) is 18.2 Å². The van der Waals surface area contributed by atoms with Crippen LogP contribution in [0.4, 0.5) is 0 Å². The van der Waals surface area contributed by atoms with Crippen LogP contribution in [-0.2, 0) is 0 Å². The Kier molecular flexibility index (Phi) is 2.34. The van der Waals surface area contributed by atoms with Crippen molar-refractivity contribution >= 4 is 11.6 Å². The van der Waals surface area contributed by atoms with Crippen LogP contribution in [0.15, 0.2) is 36.5 Å². The minimum absolute atomic E-state index is 0.247. The Labute approximate surface area is 66.9 Å². The van der Waals surface area contributed by atoms with Gasteiger partial charge in [0.1, 0.15) is 0 Å². The quantitative estimate of drug-likeness (QED) is 0.402. The Bertz CT molecular complexity index is 189. The first-order valence-electron chi connectivity index (χ1n) is 3.44. The van der Waals surface area contributed by atoms with E-state index in [1.54, 1.807) is 0 Å². The van der Waals surface area contributed by atoms with Gasteiger partial charge in [0.2, 0.25) is 0 Å². The zero-order valence-electron chi connectivity index (χ0n) is 6.05. The molecule has 1 aliphatic carbocycles. The summed E-state index contributed by atoms with van der Waals surface area (Å²) in [4.78, 5) is -0.247. The highest BCUT2D eigenvalue weighted by molar-refractivity contribution is 6.26. The number of hydrogen-bond acceptors (Lipinski definition) is 0. The van der Waals surface area contributed by atoms with Gasteiger partial charge in [0.05, 0.1) is 4.87 Å². The highest BCUT2D eigenvalue weighted by Gasteiger charge is 2.18. The second kappa shape index (κ2) is 3.07. The lowest BCUT2D eigenvalue weighted by Crippen LogP contribution is -2.14. The van der Waals surface area contributed by atoms with Gasteiger partial charge in [-0.05, 0) is 13.3 Å². The molecule has 1 atom stereocenters. The molecule has 0 N–H and O–H groups in total. The molecular weight excluding hydrogens is 144 g/mol. The Morgan fingerprint density at radius 2 is 2.30 bits per heavy atom. The third kappa shape index (κ3) is 1.74. The molecule has 0 aromatic carbocycles. The van der Waals surface area contributed by atoms with E-state index in [0.717, 1.165) is 6.42 Å². The van der Waals surface area contributed by atoms with E-state index in [4.69, 9.17) is 11.6 Å². The van der Waals surface area contributed by atoms with Crippen molar-refractivity contribution in [3.8, 4) is 0 Å². The molecule has 0 aromatic rings. The molecular formula is C9H11Cl. The van der Waals surface area contributed by atoms with Crippen molar-refractivity contribution in [1.82, 2.24) is 0 Å². The van der Waals surface area contributed by atoms with Crippen LogP contribution in [0.3, 0.4) is 0 Å². The van der Waals surface area contributed by atoms with Crippen LogP contribution < -0.4 is 0 Å². The van der Waals surface area contributed by atoms with Crippen molar-refractivity contribution in [3.05, 3.63) is 36.5 Å². The Hall–Kier alpha value is -0.490. The van der Waals surface area contributed by atoms with Crippen LogP contribution in [0.25, 0.3) is 0 Å². The summed E-state index contributed by atoms with van der Waals surface area (Å²) in [6.07, 6.45) is 13.0. The van der Waals surface area contributed by atoms with Crippen molar-refractivity contribution < 1.29 is 0 Å². The maximum atomic E-state index is 6.15. The molecule has 0 spiro atoms. The van der Waals surface area contributed by atoms with Crippen LogP contribution in [0.2, 0.25) is 0 Å². The summed E-state index contributed by atoms with van der Waals surface area (Å²) in [5.41, 5.74) is 0. The second-order valence-corrected chi connectivity index (χ2v) is 3.12. The van der Waals surface area contributed by atoms with Gasteiger partial charge in [-0.2, -0.15) is 0 Å². The van der Waals surface area contributed by atoms with E-state index in [1.807, 2.05) is 37.3 Å². The van der Waals surface area contributed by atoms with Crippen LogP contribution in [-0.4, -0.2) is 4.87 Å². The molecule has 0 amide bonds. The van der Waals surface area contributed by atoms with Crippen LogP contribution in [0.1, 0.15) is 13.3 Å². The van der Waals surface area contributed by atoms with Gasteiger partial charge in [-0.1, -0.05) is 36.5 Å². The molecule has 0 fully saturated rings. The fourth-order valence-electron chi connectivity index (χ4n) is 1.01. The third-order valence-electron chi connectivity index (χ3n) is 1.49. The number of hydrogen-bond donors (Lipinski definition) is 0. The molecule has 0 saturated heterocycles. The third-order valence-corrected chi connectivity index (χ3v) is 1.90. The molecule has 0 aliphatic heterocycles. The van der Waals surface area contributed by atoms with E-state index >= 15 is 0 Å². The molecule has 0 saturated carbocycles. The van der Waals surface area contributed by atoms with Gasteiger partial charge in [-0.3, -0.25) is 0 Å². The van der Waals surface area contributed by atoms with Gasteiger partial charge in [0, 0.05) is 0 Å². The topological polar surface area (TPSA) is 0 Å². The van der Waals surface area contributed by atoms with E-state index in [1.165, 1.54) is 0 Å². The van der Waals surface area contributed by atoms with Crippen molar-refractivity contribution in [2.75, 3.05) is 0 Å². The monoisotopic (exact) mass is 154 g/mol. The zero-order valence-corrected chi connectivity index (χ0v) is 6.81. The summed E-state index contributed by atoms with van der Waals surface area (Å²) >= 11 is 6.15. The lowest BCUT2D eigenvalue weighted by Gasteiger charge is -2.18. The average Bonchev–Trinajstić information content (AvgIpc) is 1.89. The van der Waals surface area contributed by atoms with E-state index in [2.05, 4.69) is 6.08 Å². The standard InChI is InChI=1S/C9H11Cl/c1-2-6-9(10)7-4-3-5-8-9/h2-7H,8H2,1H3. The number of alkyl halides is 1. The van der Waals surface area contributed by atoms with Gasteiger partial charge in [0.25, 0.3) is 0 Å². The van der Waals surface area contributed by atoms with Crippen LogP contribution >= 0.6 is 11.6 Å². The summed E-state index contributed by atoms with van der Waals surface area (Å²) in [6.45, 7) is 1.98. The van der Waals surface area contributed by atoms with E-state index in [0.29, 0.717) is 0 Å². The first-order chi connectivity index (χ1) is 4.77. The number of rotatable bonds is 1. The molecule has 1 heteroatoms. The normalized spacial score (nSPS) is 31.8. The fourth-order valence-corrected chi connectivity index (χ4v) is 1.30. The van der Waals surface area contributed by atoms with Gasteiger partial charge < -0.3 is 0 Å². The summed E-state index contributed by atoms with van der Waals surface area (Å²) in [7, 11) is 0. The molecule has 0 bridgehead atoms. The summed E-state index contributed by atoms with van der Waals surface area (Å²) < 4.78 is 0. The molecule has 10 heavy (non-hydrogen) atoms. The maximum absolute atomic E-state index is 6.15. The summed E-state index contributed by atoms with van der Waals surface area (Å²) in [6, 6.07) is 0. The summed E-state index contributed by atoms with van der Waals surface area (Å²) in [5.74, 6) is 0. The molecule has 0 radical (unpaired) electrons. The minimum atomic E-state index is -0.247. The van der Waals surface area contributed by atoms with Gasteiger partial charge >= 0.3 is 0 Å². The maximum Gasteiger partial charge on any atom is 0.0843 e. The smallest absolute Gasteiger partial charge is 0.0843 e. The van der Waals surface area contributed by atoms with Crippen LogP contribution in [0.5, 0.6) is 0 Å². The predicted octanol–water partition coefficient (Wildman–Crippen LogP) is 3.06. The van der Waals surface area contributed by atoms with Gasteiger partial charge in [0.15, 0.2) is 0 Å².